The predicted octanol–water partition coefficient (Wildman–Crippen LogP) is 3.70. The largest absolute Gasteiger partial charge is 0.617 e. The minimum absolute atomic E-state index is 0. The summed E-state index contributed by atoms with van der Waals surface area (Å²) in [6.07, 6.45) is 2.33. The van der Waals surface area contributed by atoms with Crippen LogP contribution in [-0.2, 0) is 27.5 Å². The summed E-state index contributed by atoms with van der Waals surface area (Å²) >= 11 is 1.05. The van der Waals surface area contributed by atoms with Gasteiger partial charge in [-0.05, 0) is 29.0 Å². The second-order valence-corrected chi connectivity index (χ2v) is 3.17. The molecule has 0 aliphatic carbocycles. The van der Waals surface area contributed by atoms with Crippen molar-refractivity contribution >= 4 is 11.9 Å². The van der Waals surface area contributed by atoms with Crippen LogP contribution in [0, 0.1) is 0 Å². The number of aryl methyl sites for hydroxylation is 1. The molecule has 0 aliphatic rings. The average molecular weight is 350 g/mol. The van der Waals surface area contributed by atoms with Crippen molar-refractivity contribution in [3.05, 3.63) is 35.0 Å². The molecule has 0 amide bonds. The first kappa shape index (κ1) is 12.2. The molecule has 0 atom stereocenters. The van der Waals surface area contributed by atoms with Gasteiger partial charge in [0.2, 0.25) is 0 Å². The molecular weight excluding hydrogens is 338 g/mol. The van der Waals surface area contributed by atoms with Gasteiger partial charge in [0, 0.05) is 21.1 Å². The standard InChI is InChI=1S/C9H12NS.W/c1-2-3-8-4-6-9(11-10)7-5-8;/h4-7,10H,2-3H2,1H3;/q-1;. The minimum Gasteiger partial charge on any atom is -0.617 e. The van der Waals surface area contributed by atoms with Crippen LogP contribution >= 0.6 is 11.9 Å². The average Bonchev–Trinajstić information content (AvgIpc) is 2.07. The van der Waals surface area contributed by atoms with Gasteiger partial charge in [-0.15, -0.1) is 0 Å². The molecule has 12 heavy (non-hydrogen) atoms. The van der Waals surface area contributed by atoms with E-state index in [1.54, 1.807) is 0 Å². The monoisotopic (exact) mass is 350 g/mol. The molecule has 0 aromatic heterocycles. The van der Waals surface area contributed by atoms with Gasteiger partial charge in [0.1, 0.15) is 0 Å². The van der Waals surface area contributed by atoms with Gasteiger partial charge in [0.05, 0.1) is 0 Å². The number of benzene rings is 1. The summed E-state index contributed by atoms with van der Waals surface area (Å²) < 4.78 is 0. The second kappa shape index (κ2) is 6.70. The molecule has 0 radical (unpaired) electrons. The third-order valence-electron chi connectivity index (χ3n) is 1.58. The number of hydrogen-bond donors (Lipinski definition) is 0. The SMILES string of the molecule is CCCc1ccc(S[NH-])cc1.[W]. The number of nitrogens with one attached hydrogen (secondary N) is 1. The second-order valence-electron chi connectivity index (χ2n) is 2.50. The summed E-state index contributed by atoms with van der Waals surface area (Å²) in [6, 6.07) is 8.20. The first-order chi connectivity index (χ1) is 5.36. The molecule has 3 heteroatoms. The van der Waals surface area contributed by atoms with E-state index in [2.05, 4.69) is 19.1 Å². The fraction of sp³-hybridized carbons (Fsp3) is 0.333. The van der Waals surface area contributed by atoms with Crippen LogP contribution in [0.3, 0.4) is 0 Å². The Balaban J connectivity index is 0.00000121. The van der Waals surface area contributed by atoms with Crippen LogP contribution in [0.5, 0.6) is 0 Å². The molecular formula is C9H12NSW-. The zero-order chi connectivity index (χ0) is 8.10. The van der Waals surface area contributed by atoms with Crippen LogP contribution in [0.25, 0.3) is 5.14 Å². The van der Waals surface area contributed by atoms with E-state index >= 15 is 0 Å². The molecule has 66 valence electrons. The molecule has 1 aromatic rings. The maximum Gasteiger partial charge on any atom is 0 e. The van der Waals surface area contributed by atoms with Crippen LogP contribution in [-0.4, -0.2) is 0 Å². The first-order valence-corrected chi connectivity index (χ1v) is 4.61. The minimum atomic E-state index is 0. The Morgan fingerprint density at radius 2 is 1.83 bits per heavy atom. The number of rotatable bonds is 3. The molecule has 0 unspecified atom stereocenters. The summed E-state index contributed by atoms with van der Waals surface area (Å²) in [5.74, 6) is 0. The summed E-state index contributed by atoms with van der Waals surface area (Å²) in [5, 5.41) is 7.03. The van der Waals surface area contributed by atoms with Crippen molar-refractivity contribution in [1.29, 1.82) is 0 Å². The Morgan fingerprint density at radius 3 is 2.25 bits per heavy atom. The van der Waals surface area contributed by atoms with Crippen molar-refractivity contribution in [2.24, 2.45) is 0 Å². The van der Waals surface area contributed by atoms with Crippen LogP contribution in [0.1, 0.15) is 18.9 Å². The van der Waals surface area contributed by atoms with Crippen molar-refractivity contribution in [2.45, 2.75) is 24.7 Å². The summed E-state index contributed by atoms with van der Waals surface area (Å²) in [5.41, 5.74) is 1.37. The van der Waals surface area contributed by atoms with Crippen LogP contribution in [0.2, 0.25) is 0 Å². The number of hydrogen-bond acceptors (Lipinski definition) is 1. The molecule has 0 spiro atoms. The van der Waals surface area contributed by atoms with Crippen LogP contribution < -0.4 is 0 Å². The maximum absolute atomic E-state index is 7.03. The molecule has 1 rings (SSSR count). The van der Waals surface area contributed by atoms with Crippen LogP contribution in [0.15, 0.2) is 29.2 Å². The van der Waals surface area contributed by atoms with E-state index in [0.717, 1.165) is 23.3 Å². The molecule has 0 fully saturated rings. The van der Waals surface area contributed by atoms with E-state index in [1.807, 2.05) is 12.1 Å². The molecule has 0 bridgehead atoms. The van der Waals surface area contributed by atoms with Gasteiger partial charge in [0.15, 0.2) is 0 Å². The van der Waals surface area contributed by atoms with Crippen molar-refractivity contribution in [2.75, 3.05) is 0 Å². The van der Waals surface area contributed by atoms with E-state index in [-0.39, 0.29) is 21.1 Å². The van der Waals surface area contributed by atoms with Gasteiger partial charge in [-0.1, -0.05) is 25.5 Å². The molecule has 0 heterocycles. The van der Waals surface area contributed by atoms with Gasteiger partial charge < -0.3 is 5.14 Å². The molecule has 1 aromatic carbocycles. The Bertz CT molecular complexity index is 210. The molecule has 0 saturated heterocycles. The molecule has 0 saturated carbocycles. The van der Waals surface area contributed by atoms with E-state index in [4.69, 9.17) is 5.14 Å². The van der Waals surface area contributed by atoms with E-state index < -0.39 is 0 Å². The predicted molar refractivity (Wildman–Crippen MR) is 50.6 cm³/mol. The molecule has 1 N–H and O–H groups in total. The van der Waals surface area contributed by atoms with Gasteiger partial charge in [-0.25, -0.2) is 0 Å². The Kier molecular flexibility index (Phi) is 6.83. The first-order valence-electron chi connectivity index (χ1n) is 3.79. The maximum atomic E-state index is 7.03. The summed E-state index contributed by atoms with van der Waals surface area (Å²) in [4.78, 5) is 1.02. The topological polar surface area (TPSA) is 23.8 Å². The quantitative estimate of drug-likeness (QED) is 0.763. The summed E-state index contributed by atoms with van der Waals surface area (Å²) in [6.45, 7) is 2.17. The fourth-order valence-electron chi connectivity index (χ4n) is 1.01. The van der Waals surface area contributed by atoms with Crippen molar-refractivity contribution in [1.82, 2.24) is 0 Å². The third-order valence-corrected chi connectivity index (χ3v) is 2.09. The normalized spacial score (nSPS) is 9.17. The Hall–Kier alpha value is 0.218. The smallest absolute Gasteiger partial charge is 0 e. The van der Waals surface area contributed by atoms with Crippen LogP contribution in [0.4, 0.5) is 0 Å². The molecule has 0 aliphatic heterocycles. The van der Waals surface area contributed by atoms with Gasteiger partial charge >= 0.3 is 0 Å². The van der Waals surface area contributed by atoms with Crippen molar-refractivity contribution < 1.29 is 21.1 Å². The van der Waals surface area contributed by atoms with Gasteiger partial charge in [-0.2, -0.15) is 0 Å². The van der Waals surface area contributed by atoms with Crippen molar-refractivity contribution in [3.63, 3.8) is 0 Å². The Morgan fingerprint density at radius 1 is 1.25 bits per heavy atom. The van der Waals surface area contributed by atoms with E-state index in [1.165, 1.54) is 12.0 Å². The third kappa shape index (κ3) is 3.75. The van der Waals surface area contributed by atoms with Gasteiger partial charge in [0.25, 0.3) is 0 Å². The van der Waals surface area contributed by atoms with Gasteiger partial charge in [-0.3, -0.25) is 11.9 Å². The van der Waals surface area contributed by atoms with Crippen molar-refractivity contribution in [3.8, 4) is 0 Å². The molecule has 1 nitrogen and oxygen atoms in total. The fourth-order valence-corrected chi connectivity index (χ4v) is 1.29. The van der Waals surface area contributed by atoms with E-state index in [9.17, 15) is 0 Å². The summed E-state index contributed by atoms with van der Waals surface area (Å²) in [7, 11) is 0. The zero-order valence-electron chi connectivity index (χ0n) is 7.04. The zero-order valence-corrected chi connectivity index (χ0v) is 10.8. The Labute approximate surface area is 92.5 Å². The van der Waals surface area contributed by atoms with E-state index in [0.29, 0.717) is 0 Å².